The highest BCUT2D eigenvalue weighted by molar-refractivity contribution is 6.50. The largest absolute Gasteiger partial charge is 0.673 e. The molecule has 0 aromatic heterocycles. The number of carbonyl (C=O) groups excluding carboxylic acids is 1. The molecule has 4 nitrogen and oxygen atoms in total. The molecule has 0 spiro atoms. The van der Waals surface area contributed by atoms with Crippen LogP contribution in [-0.2, 0) is 4.74 Å². The normalized spacial score (nSPS) is 17.6. The Kier molecular flexibility index (Phi) is 14.5. The Hall–Kier alpha value is -1.42. The molecule has 1 unspecified atom stereocenters. The minimum atomic E-state index is -6.00. The first-order valence-corrected chi connectivity index (χ1v) is 7.67. The standard InChI is InChI=1S/C10H20N2O2.3BF4/c1-10(2,3)14-9(13)11-8-5-6-12(4)7-8;3*2-1(3,4)5/h8H,5-7H2,1-4H3,(H,11,13);;;/q;3*-1. The van der Waals surface area contributed by atoms with Gasteiger partial charge < -0.3 is 66.7 Å². The Bertz CT molecular complexity index is 407. The number of nitrogens with zero attached hydrogens (tertiary/aromatic N) is 1. The number of hydrogen-bond donors (Lipinski definition) is 1. The Morgan fingerprint density at radius 3 is 1.38 bits per heavy atom. The fraction of sp³-hybridized carbons (Fsp3) is 0.900. The van der Waals surface area contributed by atoms with E-state index in [4.69, 9.17) is 4.74 Å². The molecular weight excluding hydrogens is 441 g/mol. The van der Waals surface area contributed by atoms with Gasteiger partial charge >= 0.3 is 27.9 Å². The maximum absolute atomic E-state index is 11.4. The summed E-state index contributed by atoms with van der Waals surface area (Å²) in [5.41, 5.74) is -0.408. The number of amides is 1. The van der Waals surface area contributed by atoms with E-state index in [0.717, 1.165) is 19.5 Å². The lowest BCUT2D eigenvalue weighted by Crippen LogP contribution is -2.40. The van der Waals surface area contributed by atoms with Crippen molar-refractivity contribution in [3.63, 3.8) is 0 Å². The molecule has 1 heterocycles. The zero-order valence-corrected chi connectivity index (χ0v) is 15.7. The summed E-state index contributed by atoms with van der Waals surface area (Å²) in [7, 11) is -15.9. The third kappa shape index (κ3) is 58.4. The van der Waals surface area contributed by atoms with E-state index in [1.165, 1.54) is 0 Å². The second kappa shape index (κ2) is 13.0. The minimum Gasteiger partial charge on any atom is -0.444 e. The van der Waals surface area contributed by atoms with Crippen LogP contribution in [-0.4, -0.2) is 64.5 Å². The molecule has 1 atom stereocenters. The van der Waals surface area contributed by atoms with Gasteiger partial charge in [-0.15, -0.1) is 0 Å². The maximum atomic E-state index is 11.4. The van der Waals surface area contributed by atoms with E-state index < -0.39 is 27.4 Å². The number of carbonyl (C=O) groups is 1. The van der Waals surface area contributed by atoms with Crippen LogP contribution < -0.4 is 5.32 Å². The molecule has 1 rings (SSSR count). The number of halogens is 12. The highest BCUT2D eigenvalue weighted by atomic mass is 19.5. The quantitative estimate of drug-likeness (QED) is 0.436. The number of ether oxygens (including phenoxy) is 1. The van der Waals surface area contributed by atoms with Crippen LogP contribution in [0.3, 0.4) is 0 Å². The van der Waals surface area contributed by atoms with E-state index in [1.54, 1.807) is 0 Å². The van der Waals surface area contributed by atoms with Gasteiger partial charge in [0.25, 0.3) is 0 Å². The van der Waals surface area contributed by atoms with Gasteiger partial charge in [0.15, 0.2) is 0 Å². The van der Waals surface area contributed by atoms with Gasteiger partial charge in [0.1, 0.15) is 5.60 Å². The second-order valence-electron chi connectivity index (χ2n) is 6.38. The number of rotatable bonds is 1. The van der Waals surface area contributed by atoms with Crippen LogP contribution in [0.1, 0.15) is 27.2 Å². The van der Waals surface area contributed by atoms with E-state index in [0.29, 0.717) is 0 Å². The summed E-state index contributed by atoms with van der Waals surface area (Å²) < 4.78 is 122. The first-order valence-electron chi connectivity index (χ1n) is 7.67. The SMILES string of the molecule is CN1CCC(NC(=O)OC(C)(C)C)C1.F[B-](F)(F)F.F[B-](F)(F)F.F[B-](F)(F)F. The summed E-state index contributed by atoms with van der Waals surface area (Å²) in [6.07, 6.45) is 0.702. The van der Waals surface area contributed by atoms with Gasteiger partial charge in [-0.3, -0.25) is 0 Å². The lowest BCUT2D eigenvalue weighted by Gasteiger charge is -2.21. The number of alkyl carbamates (subject to hydrolysis) is 1. The number of nitrogens with one attached hydrogen (secondary N) is 1. The fourth-order valence-electron chi connectivity index (χ4n) is 1.53. The summed E-state index contributed by atoms with van der Waals surface area (Å²) in [6.45, 7) is 7.56. The van der Waals surface area contributed by atoms with Crippen molar-refractivity contribution in [3.8, 4) is 0 Å². The number of hydrogen-bond acceptors (Lipinski definition) is 3. The molecule has 1 aliphatic heterocycles. The molecule has 1 saturated heterocycles. The molecule has 19 heteroatoms. The van der Waals surface area contributed by atoms with Gasteiger partial charge in [-0.2, -0.15) is 0 Å². The molecule has 1 fully saturated rings. The smallest absolute Gasteiger partial charge is 0.444 e. The molecule has 1 N–H and O–H groups in total. The Balaban J connectivity index is -0.000000373. The van der Waals surface area contributed by atoms with Crippen molar-refractivity contribution in [1.29, 1.82) is 0 Å². The van der Waals surface area contributed by atoms with Crippen molar-refractivity contribution in [2.45, 2.75) is 38.8 Å². The molecule has 1 amide bonds. The van der Waals surface area contributed by atoms with Gasteiger partial charge in [-0.05, 0) is 40.8 Å². The van der Waals surface area contributed by atoms with Crippen LogP contribution in [0.4, 0.5) is 56.6 Å². The molecule has 0 aromatic rings. The zero-order chi connectivity index (χ0) is 24.3. The summed E-state index contributed by atoms with van der Waals surface area (Å²) in [5, 5.41) is 2.86. The molecule has 1 aliphatic rings. The molecular formula is C10H20B3F12N2O2-3. The fourth-order valence-corrected chi connectivity index (χ4v) is 1.53. The second-order valence-corrected chi connectivity index (χ2v) is 6.38. The van der Waals surface area contributed by atoms with E-state index in [9.17, 15) is 56.6 Å². The Morgan fingerprint density at radius 1 is 0.862 bits per heavy atom. The van der Waals surface area contributed by atoms with E-state index >= 15 is 0 Å². The van der Waals surface area contributed by atoms with Gasteiger partial charge in [0.2, 0.25) is 0 Å². The topological polar surface area (TPSA) is 41.6 Å². The summed E-state index contributed by atoms with van der Waals surface area (Å²) in [4.78, 5) is 13.6. The van der Waals surface area contributed by atoms with Crippen LogP contribution in [0, 0.1) is 0 Å². The molecule has 0 bridgehead atoms. The molecule has 178 valence electrons. The number of likely N-dealkylation sites (N-methyl/N-ethyl adjacent to an activating group) is 1. The van der Waals surface area contributed by atoms with Crippen molar-refractivity contribution in [2.75, 3.05) is 20.1 Å². The van der Waals surface area contributed by atoms with Crippen molar-refractivity contribution in [2.24, 2.45) is 0 Å². The molecule has 0 aromatic carbocycles. The maximum Gasteiger partial charge on any atom is 0.673 e. The summed E-state index contributed by atoms with van der Waals surface area (Å²) in [5.74, 6) is 0. The third-order valence-electron chi connectivity index (χ3n) is 2.11. The highest BCUT2D eigenvalue weighted by Gasteiger charge is 2.24. The average molecular weight is 461 g/mol. The summed E-state index contributed by atoms with van der Waals surface area (Å²) in [6, 6.07) is 0.245. The highest BCUT2D eigenvalue weighted by Crippen LogP contribution is 2.10. The van der Waals surface area contributed by atoms with E-state index in [2.05, 4.69) is 17.3 Å². The summed E-state index contributed by atoms with van der Waals surface area (Å²) >= 11 is 0. The van der Waals surface area contributed by atoms with Crippen LogP contribution in [0.5, 0.6) is 0 Å². The predicted octanol–water partition coefficient (Wildman–Crippen LogP) is 5.12. The van der Waals surface area contributed by atoms with Gasteiger partial charge in [0.05, 0.1) is 0 Å². The first-order chi connectivity index (χ1) is 12.4. The lowest BCUT2D eigenvalue weighted by atomic mass is 10.2. The van der Waals surface area contributed by atoms with E-state index in [-0.39, 0.29) is 12.1 Å². The van der Waals surface area contributed by atoms with Crippen LogP contribution in [0.15, 0.2) is 0 Å². The van der Waals surface area contributed by atoms with Gasteiger partial charge in [-0.25, -0.2) is 4.79 Å². The van der Waals surface area contributed by atoms with Crippen molar-refractivity contribution in [3.05, 3.63) is 0 Å². The van der Waals surface area contributed by atoms with Crippen molar-refractivity contribution in [1.82, 2.24) is 10.2 Å². The monoisotopic (exact) mass is 461 g/mol. The van der Waals surface area contributed by atoms with Crippen LogP contribution in [0.2, 0.25) is 0 Å². The third-order valence-corrected chi connectivity index (χ3v) is 2.11. The molecule has 0 aliphatic carbocycles. The van der Waals surface area contributed by atoms with E-state index in [1.807, 2.05) is 20.8 Å². The van der Waals surface area contributed by atoms with Crippen molar-refractivity contribution < 1.29 is 61.3 Å². The lowest BCUT2D eigenvalue weighted by molar-refractivity contribution is 0.0506. The van der Waals surface area contributed by atoms with Crippen molar-refractivity contribution >= 4 is 27.9 Å². The number of likely N-dealkylation sites (tertiary alicyclic amines) is 1. The van der Waals surface area contributed by atoms with Crippen LogP contribution in [0.25, 0.3) is 0 Å². The predicted molar refractivity (Wildman–Crippen MR) is 85.8 cm³/mol. The van der Waals surface area contributed by atoms with Gasteiger partial charge in [-0.1, -0.05) is 0 Å². The molecule has 29 heavy (non-hydrogen) atoms. The first kappa shape index (κ1) is 32.3. The Morgan fingerprint density at radius 2 is 1.17 bits per heavy atom. The Labute approximate surface area is 159 Å². The molecule has 0 saturated carbocycles. The zero-order valence-electron chi connectivity index (χ0n) is 15.7. The molecule has 0 radical (unpaired) electrons. The van der Waals surface area contributed by atoms with Gasteiger partial charge in [0, 0.05) is 12.6 Å². The van der Waals surface area contributed by atoms with Crippen LogP contribution >= 0.6 is 0 Å². The average Bonchev–Trinajstić information content (AvgIpc) is 2.64. The minimum absolute atomic E-state index is 0.245.